The summed E-state index contributed by atoms with van der Waals surface area (Å²) in [7, 11) is 0. The standard InChI is InChI=1S/C54H30O4/c1-27(55)57-31-15-11-29(12-16-31)45-51-41-23-19-37-33-7-3-5-9-35(33)39-21-25-43(49(41)47(37)39)53(51)46(30-13-17-32(18-14-30)58-28(2)56)54-44-26-22-40-36-10-6-4-8-34(36)38-20-24-42(52(45)54)50(44)48(38)40/h3-26H,1-2H3. The van der Waals surface area contributed by atoms with Gasteiger partial charge in [-0.1, -0.05) is 121 Å². The maximum absolute atomic E-state index is 12.0. The Hall–Kier alpha value is -7.56. The minimum absolute atomic E-state index is 0.348. The van der Waals surface area contributed by atoms with E-state index < -0.39 is 0 Å². The van der Waals surface area contributed by atoms with E-state index in [0.29, 0.717) is 11.5 Å². The van der Waals surface area contributed by atoms with Gasteiger partial charge in [0.25, 0.3) is 0 Å². The number of carbonyl (C=O) groups is 2. The molecule has 0 saturated carbocycles. The molecule has 0 bridgehead atoms. The van der Waals surface area contributed by atoms with E-state index in [9.17, 15) is 9.59 Å². The van der Waals surface area contributed by atoms with Crippen LogP contribution in [0.4, 0.5) is 0 Å². The van der Waals surface area contributed by atoms with E-state index >= 15 is 0 Å². The van der Waals surface area contributed by atoms with E-state index in [4.69, 9.17) is 9.47 Å². The zero-order chi connectivity index (χ0) is 38.6. The summed E-state index contributed by atoms with van der Waals surface area (Å²) in [6.45, 7) is 2.86. The Labute approximate surface area is 332 Å². The van der Waals surface area contributed by atoms with E-state index in [-0.39, 0.29) is 11.9 Å². The van der Waals surface area contributed by atoms with Gasteiger partial charge in [0.2, 0.25) is 0 Å². The predicted octanol–water partition coefficient (Wildman–Crippen LogP) is 14.0. The van der Waals surface area contributed by atoms with Gasteiger partial charge in [-0.3, -0.25) is 9.59 Å². The molecule has 0 spiro atoms. The number of carbonyl (C=O) groups excluding carboxylic acids is 2. The molecule has 270 valence electrons. The number of hydrogen-bond acceptors (Lipinski definition) is 4. The molecule has 0 atom stereocenters. The molecule has 4 nitrogen and oxygen atoms in total. The summed E-state index contributed by atoms with van der Waals surface area (Å²) >= 11 is 0. The quantitative estimate of drug-likeness (QED) is 0.133. The third kappa shape index (κ3) is 3.94. The fourth-order valence-corrected chi connectivity index (χ4v) is 10.7. The van der Waals surface area contributed by atoms with Crippen LogP contribution < -0.4 is 9.47 Å². The van der Waals surface area contributed by atoms with E-state index in [0.717, 1.165) is 22.3 Å². The second-order valence-corrected chi connectivity index (χ2v) is 15.7. The van der Waals surface area contributed by atoms with Crippen LogP contribution in [0.3, 0.4) is 0 Å². The highest BCUT2D eigenvalue weighted by atomic mass is 16.5. The molecule has 2 aliphatic carbocycles. The highest BCUT2D eigenvalue weighted by Gasteiger charge is 2.32. The molecule has 11 aromatic rings. The van der Waals surface area contributed by atoms with Crippen molar-refractivity contribution in [2.75, 3.05) is 0 Å². The lowest BCUT2D eigenvalue weighted by Gasteiger charge is -2.16. The second kappa shape index (κ2) is 11.1. The molecular weight excluding hydrogens is 713 g/mol. The molecular formula is C54H30O4. The van der Waals surface area contributed by atoms with Gasteiger partial charge in [0.15, 0.2) is 0 Å². The molecule has 2 aliphatic rings. The molecule has 4 heteroatoms. The normalized spacial score (nSPS) is 12.4. The average Bonchev–Trinajstić information content (AvgIpc) is 3.95. The monoisotopic (exact) mass is 742 g/mol. The van der Waals surface area contributed by atoms with Crippen molar-refractivity contribution >= 4 is 76.6 Å². The number of esters is 2. The third-order valence-corrected chi connectivity index (χ3v) is 12.7. The van der Waals surface area contributed by atoms with Crippen LogP contribution in [-0.2, 0) is 9.59 Å². The fraction of sp³-hybridized carbons (Fsp3) is 0.0370. The summed E-state index contributed by atoms with van der Waals surface area (Å²) in [5.41, 5.74) is 14.5. The summed E-state index contributed by atoms with van der Waals surface area (Å²) < 4.78 is 11.1. The van der Waals surface area contributed by atoms with Crippen molar-refractivity contribution in [1.29, 1.82) is 0 Å². The summed E-state index contributed by atoms with van der Waals surface area (Å²) in [6, 6.07) is 52.1. The smallest absolute Gasteiger partial charge is 0.308 e. The van der Waals surface area contributed by atoms with Crippen LogP contribution in [0.5, 0.6) is 11.5 Å². The SMILES string of the molecule is CC(=O)Oc1ccc(-c2c3c4ccc5c6c(ccc(c3c(-c3ccc(OC(C)=O)cc3)c3c7ccc8c9c(ccc(c23)c97)-c2ccccc2-8)c64)-c2ccccc2-5)cc1. The molecule has 0 heterocycles. The Kier molecular flexibility index (Phi) is 6.03. The Morgan fingerprint density at radius 3 is 0.879 bits per heavy atom. The molecule has 58 heavy (non-hydrogen) atoms. The van der Waals surface area contributed by atoms with Gasteiger partial charge in [-0.2, -0.15) is 0 Å². The van der Waals surface area contributed by atoms with E-state index in [2.05, 4.69) is 121 Å². The van der Waals surface area contributed by atoms with Crippen LogP contribution in [-0.4, -0.2) is 11.9 Å². The molecule has 0 aromatic heterocycles. The number of benzene rings is 9. The lowest BCUT2D eigenvalue weighted by atomic mass is 9.87. The first kappa shape index (κ1) is 31.6. The average molecular weight is 743 g/mol. The Morgan fingerprint density at radius 1 is 0.310 bits per heavy atom. The second-order valence-electron chi connectivity index (χ2n) is 15.7. The van der Waals surface area contributed by atoms with Gasteiger partial charge in [0.05, 0.1) is 0 Å². The van der Waals surface area contributed by atoms with Crippen molar-refractivity contribution in [2.24, 2.45) is 0 Å². The van der Waals surface area contributed by atoms with Crippen molar-refractivity contribution in [3.63, 3.8) is 0 Å². The number of rotatable bonds is 4. The van der Waals surface area contributed by atoms with Gasteiger partial charge in [-0.15, -0.1) is 0 Å². The van der Waals surface area contributed by atoms with Crippen molar-refractivity contribution in [3.8, 4) is 78.3 Å². The molecule has 0 aliphatic heterocycles. The van der Waals surface area contributed by atoms with E-state index in [1.54, 1.807) is 0 Å². The minimum atomic E-state index is -0.348. The molecule has 0 unspecified atom stereocenters. The Balaban J connectivity index is 1.27. The predicted molar refractivity (Wildman–Crippen MR) is 236 cm³/mol. The maximum atomic E-state index is 12.0. The van der Waals surface area contributed by atoms with E-state index in [1.165, 1.54) is 123 Å². The highest BCUT2D eigenvalue weighted by molar-refractivity contribution is 6.48. The van der Waals surface area contributed by atoms with Gasteiger partial charge in [-0.25, -0.2) is 0 Å². The minimum Gasteiger partial charge on any atom is -0.427 e. The van der Waals surface area contributed by atoms with E-state index in [1.807, 2.05) is 24.3 Å². The molecule has 0 fully saturated rings. The molecule has 11 aromatic carbocycles. The first-order chi connectivity index (χ1) is 28.4. The first-order valence-corrected chi connectivity index (χ1v) is 19.7. The van der Waals surface area contributed by atoms with Crippen LogP contribution in [0.25, 0.3) is 131 Å². The number of ether oxygens (including phenoxy) is 2. The van der Waals surface area contributed by atoms with Crippen molar-refractivity contribution in [1.82, 2.24) is 0 Å². The van der Waals surface area contributed by atoms with Crippen molar-refractivity contribution < 1.29 is 19.1 Å². The van der Waals surface area contributed by atoms with Gasteiger partial charge in [-0.05, 0) is 156 Å². The number of fused-ring (bicyclic) bond motifs is 12. The summed E-state index contributed by atoms with van der Waals surface area (Å²) in [5.74, 6) is 0.333. The summed E-state index contributed by atoms with van der Waals surface area (Å²) in [6.07, 6.45) is 0. The number of hydrogen-bond donors (Lipinski definition) is 0. The third-order valence-electron chi connectivity index (χ3n) is 12.7. The zero-order valence-corrected chi connectivity index (χ0v) is 31.5. The maximum Gasteiger partial charge on any atom is 0.308 e. The van der Waals surface area contributed by atoms with Gasteiger partial charge >= 0.3 is 11.9 Å². The summed E-state index contributed by atoms with van der Waals surface area (Å²) in [4.78, 5) is 24.0. The molecule has 0 N–H and O–H groups in total. The molecule has 0 saturated heterocycles. The van der Waals surface area contributed by atoms with Crippen LogP contribution in [0, 0.1) is 0 Å². The van der Waals surface area contributed by atoms with Crippen LogP contribution in [0.15, 0.2) is 146 Å². The van der Waals surface area contributed by atoms with Crippen LogP contribution in [0.2, 0.25) is 0 Å². The first-order valence-electron chi connectivity index (χ1n) is 19.7. The molecule has 0 radical (unpaired) electrons. The largest absolute Gasteiger partial charge is 0.427 e. The van der Waals surface area contributed by atoms with Gasteiger partial charge in [0, 0.05) is 13.8 Å². The van der Waals surface area contributed by atoms with Crippen LogP contribution >= 0.6 is 0 Å². The summed E-state index contributed by atoms with van der Waals surface area (Å²) in [5, 5.41) is 14.7. The molecule has 13 rings (SSSR count). The Bertz CT molecular complexity index is 3240. The van der Waals surface area contributed by atoms with Gasteiger partial charge < -0.3 is 9.47 Å². The van der Waals surface area contributed by atoms with Crippen molar-refractivity contribution in [3.05, 3.63) is 146 Å². The zero-order valence-electron chi connectivity index (χ0n) is 31.5. The van der Waals surface area contributed by atoms with Gasteiger partial charge in [0.1, 0.15) is 11.5 Å². The van der Waals surface area contributed by atoms with Crippen molar-refractivity contribution in [2.45, 2.75) is 13.8 Å². The highest BCUT2D eigenvalue weighted by Crippen LogP contribution is 2.60. The lowest BCUT2D eigenvalue weighted by molar-refractivity contribution is -0.132. The molecule has 0 amide bonds. The van der Waals surface area contributed by atoms with Crippen LogP contribution in [0.1, 0.15) is 13.8 Å². The fourth-order valence-electron chi connectivity index (χ4n) is 10.7. The lowest BCUT2D eigenvalue weighted by Crippen LogP contribution is -2.01. The topological polar surface area (TPSA) is 52.6 Å². The Morgan fingerprint density at radius 2 is 0.603 bits per heavy atom.